The SMILES string of the molecule is Br.COC(=O)c1ccc(Cl)cc1Cc1c(Cl)c[nH]c(=N)c1C(N)=O. The topological polar surface area (TPSA) is 109 Å². The van der Waals surface area contributed by atoms with Gasteiger partial charge in [0.2, 0.25) is 0 Å². The lowest BCUT2D eigenvalue weighted by Crippen LogP contribution is -2.26. The Balaban J connectivity index is 0.00000288. The van der Waals surface area contributed by atoms with E-state index in [2.05, 4.69) is 4.98 Å². The standard InChI is InChI=1S/C15H13Cl2N3O3.BrH/c1-23-15(22)9-3-2-8(16)4-7(9)5-10-11(17)6-20-13(18)12(10)14(19)21;/h2-4,6H,5H2,1H3,(H2,18,20)(H2,19,21);1H. The summed E-state index contributed by atoms with van der Waals surface area (Å²) >= 11 is 12.1. The number of esters is 1. The molecule has 0 saturated heterocycles. The van der Waals surface area contributed by atoms with Gasteiger partial charge in [-0.05, 0) is 29.3 Å². The molecule has 0 unspecified atom stereocenters. The fourth-order valence-corrected chi connectivity index (χ4v) is 2.63. The molecule has 24 heavy (non-hydrogen) atoms. The van der Waals surface area contributed by atoms with Gasteiger partial charge in [0.1, 0.15) is 5.49 Å². The van der Waals surface area contributed by atoms with Gasteiger partial charge >= 0.3 is 5.97 Å². The highest BCUT2D eigenvalue weighted by molar-refractivity contribution is 8.93. The number of amides is 1. The summed E-state index contributed by atoms with van der Waals surface area (Å²) in [6.45, 7) is 0. The number of methoxy groups -OCH3 is 1. The number of pyridine rings is 1. The zero-order valence-electron chi connectivity index (χ0n) is 12.5. The van der Waals surface area contributed by atoms with Crippen molar-refractivity contribution in [1.82, 2.24) is 4.98 Å². The molecule has 1 aromatic heterocycles. The number of nitrogens with one attached hydrogen (secondary N) is 2. The molecule has 0 radical (unpaired) electrons. The Morgan fingerprint density at radius 2 is 2.00 bits per heavy atom. The Hall–Kier alpha value is -1.83. The zero-order chi connectivity index (χ0) is 17.1. The van der Waals surface area contributed by atoms with Crippen LogP contribution in [0, 0.1) is 5.41 Å². The average molecular weight is 435 g/mol. The van der Waals surface area contributed by atoms with Crippen LogP contribution in [0.1, 0.15) is 31.8 Å². The molecule has 0 aliphatic rings. The minimum Gasteiger partial charge on any atom is -0.465 e. The third-order valence-corrected chi connectivity index (χ3v) is 3.84. The molecule has 6 nitrogen and oxygen atoms in total. The predicted octanol–water partition coefficient (Wildman–Crippen LogP) is 2.86. The highest BCUT2D eigenvalue weighted by atomic mass is 79.9. The number of hydrogen-bond donors (Lipinski definition) is 3. The van der Waals surface area contributed by atoms with Crippen molar-refractivity contribution in [2.45, 2.75) is 6.42 Å². The fourth-order valence-electron chi connectivity index (χ4n) is 2.22. The largest absolute Gasteiger partial charge is 0.465 e. The molecule has 0 aliphatic heterocycles. The third kappa shape index (κ3) is 4.17. The number of carbonyl (C=O) groups excluding carboxylic acids is 2. The van der Waals surface area contributed by atoms with E-state index in [1.54, 1.807) is 12.1 Å². The van der Waals surface area contributed by atoms with E-state index in [1.807, 2.05) is 0 Å². The molecule has 0 fully saturated rings. The molecule has 0 atom stereocenters. The van der Waals surface area contributed by atoms with Crippen LogP contribution < -0.4 is 11.2 Å². The smallest absolute Gasteiger partial charge is 0.338 e. The number of rotatable bonds is 4. The predicted molar refractivity (Wildman–Crippen MR) is 96.1 cm³/mol. The maximum absolute atomic E-state index is 11.9. The number of hydrogen-bond acceptors (Lipinski definition) is 4. The molecule has 1 amide bonds. The summed E-state index contributed by atoms with van der Waals surface area (Å²) in [6, 6.07) is 4.66. The van der Waals surface area contributed by atoms with Crippen molar-refractivity contribution < 1.29 is 14.3 Å². The summed E-state index contributed by atoms with van der Waals surface area (Å²) in [5.74, 6) is -1.33. The molecule has 0 saturated carbocycles. The lowest BCUT2D eigenvalue weighted by atomic mass is 9.97. The molecule has 2 rings (SSSR count). The molecule has 0 spiro atoms. The van der Waals surface area contributed by atoms with Crippen LogP contribution in [0.25, 0.3) is 0 Å². The van der Waals surface area contributed by atoms with Gasteiger partial charge in [-0.1, -0.05) is 23.2 Å². The quantitative estimate of drug-likeness (QED) is 0.643. The second-order valence-corrected chi connectivity index (χ2v) is 5.54. The van der Waals surface area contributed by atoms with Crippen LogP contribution in [0.2, 0.25) is 10.0 Å². The fraction of sp³-hybridized carbons (Fsp3) is 0.133. The summed E-state index contributed by atoms with van der Waals surface area (Å²) in [5.41, 5.74) is 6.30. The van der Waals surface area contributed by atoms with Crippen molar-refractivity contribution in [3.05, 3.63) is 62.2 Å². The minimum atomic E-state index is -0.787. The summed E-state index contributed by atoms with van der Waals surface area (Å²) in [5, 5.41) is 8.43. The van der Waals surface area contributed by atoms with E-state index in [4.69, 9.17) is 39.1 Å². The third-order valence-electron chi connectivity index (χ3n) is 3.27. The first-order valence-corrected chi connectivity index (χ1v) is 7.22. The van der Waals surface area contributed by atoms with Crippen LogP contribution >= 0.6 is 40.2 Å². The van der Waals surface area contributed by atoms with Crippen LogP contribution in [0.5, 0.6) is 0 Å². The summed E-state index contributed by atoms with van der Waals surface area (Å²) in [6.07, 6.45) is 1.48. The van der Waals surface area contributed by atoms with Crippen molar-refractivity contribution in [3.63, 3.8) is 0 Å². The number of aromatic nitrogens is 1. The van der Waals surface area contributed by atoms with Crippen LogP contribution in [-0.4, -0.2) is 24.0 Å². The molecule has 4 N–H and O–H groups in total. The van der Waals surface area contributed by atoms with Gasteiger partial charge in [0.25, 0.3) is 5.91 Å². The van der Waals surface area contributed by atoms with Crippen molar-refractivity contribution in [2.75, 3.05) is 7.11 Å². The van der Waals surface area contributed by atoms with Gasteiger partial charge in [0, 0.05) is 17.6 Å². The van der Waals surface area contributed by atoms with E-state index in [0.717, 1.165) is 0 Å². The summed E-state index contributed by atoms with van der Waals surface area (Å²) in [4.78, 5) is 26.1. The van der Waals surface area contributed by atoms with Gasteiger partial charge < -0.3 is 15.5 Å². The number of aromatic amines is 1. The molecule has 2 aromatic rings. The monoisotopic (exact) mass is 433 g/mol. The Morgan fingerprint density at radius 1 is 1.33 bits per heavy atom. The molecule has 1 heterocycles. The van der Waals surface area contributed by atoms with Gasteiger partial charge in [-0.3, -0.25) is 10.2 Å². The van der Waals surface area contributed by atoms with E-state index in [9.17, 15) is 9.59 Å². The maximum atomic E-state index is 11.9. The van der Waals surface area contributed by atoms with Crippen LogP contribution in [0.3, 0.4) is 0 Å². The van der Waals surface area contributed by atoms with Crippen LogP contribution in [-0.2, 0) is 11.2 Å². The lowest BCUT2D eigenvalue weighted by molar-refractivity contribution is 0.0599. The number of halogens is 3. The summed E-state index contributed by atoms with van der Waals surface area (Å²) in [7, 11) is 1.27. The number of ether oxygens (including phenoxy) is 1. The van der Waals surface area contributed by atoms with E-state index < -0.39 is 11.9 Å². The van der Waals surface area contributed by atoms with E-state index >= 15 is 0 Å². The minimum absolute atomic E-state index is 0. The Kier molecular flexibility index (Phi) is 7.01. The molecule has 9 heteroatoms. The van der Waals surface area contributed by atoms with Gasteiger partial charge in [-0.2, -0.15) is 0 Å². The molecule has 128 valence electrons. The molecule has 0 aliphatic carbocycles. The highest BCUT2D eigenvalue weighted by Crippen LogP contribution is 2.25. The first-order chi connectivity index (χ1) is 10.8. The molecule has 0 bridgehead atoms. The van der Waals surface area contributed by atoms with Crippen molar-refractivity contribution in [3.8, 4) is 0 Å². The molecule has 1 aromatic carbocycles. The lowest BCUT2D eigenvalue weighted by Gasteiger charge is -2.12. The van der Waals surface area contributed by atoms with E-state index in [-0.39, 0.29) is 39.5 Å². The van der Waals surface area contributed by atoms with Gasteiger partial charge in [-0.15, -0.1) is 17.0 Å². The van der Waals surface area contributed by atoms with Crippen LogP contribution in [0.4, 0.5) is 0 Å². The van der Waals surface area contributed by atoms with E-state index in [0.29, 0.717) is 21.7 Å². The Morgan fingerprint density at radius 3 is 2.58 bits per heavy atom. The number of carbonyl (C=O) groups is 2. The number of benzene rings is 1. The second-order valence-electron chi connectivity index (χ2n) is 4.70. The van der Waals surface area contributed by atoms with Gasteiger partial charge in [-0.25, -0.2) is 4.79 Å². The molecular formula is C15H14BrCl2N3O3. The summed E-state index contributed by atoms with van der Waals surface area (Å²) < 4.78 is 4.74. The maximum Gasteiger partial charge on any atom is 0.338 e. The number of primary amides is 1. The first-order valence-electron chi connectivity index (χ1n) is 6.46. The normalized spacial score (nSPS) is 9.96. The zero-order valence-corrected chi connectivity index (χ0v) is 15.7. The molecular weight excluding hydrogens is 421 g/mol. The van der Waals surface area contributed by atoms with Crippen molar-refractivity contribution in [2.24, 2.45) is 5.73 Å². The van der Waals surface area contributed by atoms with Gasteiger partial charge in [0.05, 0.1) is 23.3 Å². The second kappa shape index (κ2) is 8.32. The Bertz CT molecular complexity index is 852. The van der Waals surface area contributed by atoms with Gasteiger partial charge in [0.15, 0.2) is 0 Å². The van der Waals surface area contributed by atoms with Crippen molar-refractivity contribution >= 4 is 52.1 Å². The Labute approximate surface area is 158 Å². The number of nitrogens with two attached hydrogens (primary N) is 1. The van der Waals surface area contributed by atoms with Crippen molar-refractivity contribution in [1.29, 1.82) is 5.41 Å². The first kappa shape index (κ1) is 20.2. The van der Waals surface area contributed by atoms with E-state index in [1.165, 1.54) is 19.4 Å². The average Bonchev–Trinajstić information content (AvgIpc) is 2.50. The van der Waals surface area contributed by atoms with Crippen LogP contribution in [0.15, 0.2) is 24.4 Å². The number of H-pyrrole nitrogens is 1. The highest BCUT2D eigenvalue weighted by Gasteiger charge is 2.19.